The van der Waals surface area contributed by atoms with E-state index in [9.17, 15) is 0 Å². The first-order valence-electron chi connectivity index (χ1n) is 6.06. The normalized spacial score (nSPS) is 14.5. The molecule has 0 spiro atoms. The standard InChI is InChI=1S/C13H15N3OS/c1-17-11-5-3-2-4-10(11)8-14-13-15-12(16-18-13)9-6-7-9/h2-5,9H,6-8H2,1H3,(H,14,15,16). The van der Waals surface area contributed by atoms with Crippen LogP contribution in [0.15, 0.2) is 24.3 Å². The summed E-state index contributed by atoms with van der Waals surface area (Å²) >= 11 is 1.44. The van der Waals surface area contributed by atoms with Gasteiger partial charge in [-0.3, -0.25) is 0 Å². The Hall–Kier alpha value is -1.62. The van der Waals surface area contributed by atoms with Crippen molar-refractivity contribution < 1.29 is 4.74 Å². The van der Waals surface area contributed by atoms with E-state index in [0.717, 1.165) is 22.3 Å². The highest BCUT2D eigenvalue weighted by Gasteiger charge is 2.27. The van der Waals surface area contributed by atoms with Gasteiger partial charge in [0.1, 0.15) is 11.6 Å². The number of nitrogens with zero attached hydrogens (tertiary/aromatic N) is 2. The largest absolute Gasteiger partial charge is 0.496 e. The predicted octanol–water partition coefficient (Wildman–Crippen LogP) is 3.04. The van der Waals surface area contributed by atoms with Crippen LogP contribution in [0.2, 0.25) is 0 Å². The maximum absolute atomic E-state index is 5.31. The molecule has 1 aromatic carbocycles. The van der Waals surface area contributed by atoms with Crippen LogP contribution < -0.4 is 10.1 Å². The van der Waals surface area contributed by atoms with Gasteiger partial charge in [-0.1, -0.05) is 18.2 Å². The van der Waals surface area contributed by atoms with Crippen molar-refractivity contribution in [2.45, 2.75) is 25.3 Å². The number of anilines is 1. The van der Waals surface area contributed by atoms with Crippen molar-refractivity contribution in [3.8, 4) is 5.75 Å². The van der Waals surface area contributed by atoms with Crippen LogP contribution in [0.3, 0.4) is 0 Å². The van der Waals surface area contributed by atoms with Gasteiger partial charge in [-0.05, 0) is 18.9 Å². The Kier molecular flexibility index (Phi) is 3.15. The Morgan fingerprint density at radius 2 is 2.22 bits per heavy atom. The Morgan fingerprint density at radius 3 is 3.00 bits per heavy atom. The van der Waals surface area contributed by atoms with Crippen molar-refractivity contribution >= 4 is 16.7 Å². The van der Waals surface area contributed by atoms with Crippen LogP contribution in [0.25, 0.3) is 0 Å². The van der Waals surface area contributed by atoms with Crippen LogP contribution >= 0.6 is 11.5 Å². The molecule has 0 radical (unpaired) electrons. The minimum absolute atomic E-state index is 0.614. The molecule has 1 saturated carbocycles. The smallest absolute Gasteiger partial charge is 0.202 e. The lowest BCUT2D eigenvalue weighted by Crippen LogP contribution is -2.01. The molecule has 1 aliphatic rings. The Bertz CT molecular complexity index is 537. The Morgan fingerprint density at radius 1 is 1.39 bits per heavy atom. The molecule has 1 heterocycles. The highest BCUT2D eigenvalue weighted by atomic mass is 32.1. The number of benzene rings is 1. The van der Waals surface area contributed by atoms with Gasteiger partial charge in [-0.2, -0.15) is 4.37 Å². The zero-order valence-corrected chi connectivity index (χ0v) is 11.0. The van der Waals surface area contributed by atoms with E-state index >= 15 is 0 Å². The molecule has 0 aliphatic heterocycles. The molecule has 0 atom stereocenters. The van der Waals surface area contributed by atoms with Crippen molar-refractivity contribution in [2.24, 2.45) is 0 Å². The number of methoxy groups -OCH3 is 1. The number of nitrogens with one attached hydrogen (secondary N) is 1. The second-order valence-electron chi connectivity index (χ2n) is 4.40. The molecule has 2 aromatic rings. The summed E-state index contributed by atoms with van der Waals surface area (Å²) in [4.78, 5) is 4.50. The van der Waals surface area contributed by atoms with Crippen LogP contribution in [0, 0.1) is 0 Å². The lowest BCUT2D eigenvalue weighted by molar-refractivity contribution is 0.410. The fourth-order valence-corrected chi connectivity index (χ4v) is 2.47. The zero-order valence-electron chi connectivity index (χ0n) is 10.2. The molecule has 0 bridgehead atoms. The second kappa shape index (κ2) is 4.94. The molecule has 0 saturated heterocycles. The minimum Gasteiger partial charge on any atom is -0.496 e. The predicted molar refractivity (Wildman–Crippen MR) is 72.2 cm³/mol. The molecular weight excluding hydrogens is 246 g/mol. The molecule has 0 amide bonds. The molecule has 3 rings (SSSR count). The first-order valence-corrected chi connectivity index (χ1v) is 6.83. The average Bonchev–Trinajstić information content (AvgIpc) is 3.16. The summed E-state index contributed by atoms with van der Waals surface area (Å²) in [5.74, 6) is 2.52. The molecule has 1 N–H and O–H groups in total. The summed E-state index contributed by atoms with van der Waals surface area (Å²) in [6.45, 7) is 0.712. The van der Waals surface area contributed by atoms with E-state index in [2.05, 4.69) is 20.7 Å². The van der Waals surface area contributed by atoms with Gasteiger partial charge < -0.3 is 10.1 Å². The fourth-order valence-electron chi connectivity index (χ4n) is 1.83. The van der Waals surface area contributed by atoms with Gasteiger partial charge in [0.15, 0.2) is 0 Å². The van der Waals surface area contributed by atoms with Crippen LogP contribution in [0.1, 0.15) is 30.1 Å². The van der Waals surface area contributed by atoms with Crippen molar-refractivity contribution in [1.29, 1.82) is 0 Å². The molecule has 1 aliphatic carbocycles. The van der Waals surface area contributed by atoms with Gasteiger partial charge in [-0.25, -0.2) is 4.98 Å². The topological polar surface area (TPSA) is 47.0 Å². The fraction of sp³-hybridized carbons (Fsp3) is 0.385. The third kappa shape index (κ3) is 2.46. The van der Waals surface area contributed by atoms with E-state index in [1.54, 1.807) is 7.11 Å². The summed E-state index contributed by atoms with van der Waals surface area (Å²) < 4.78 is 9.68. The first kappa shape index (κ1) is 11.5. The SMILES string of the molecule is COc1ccccc1CNc1nc(C2CC2)ns1. The zero-order chi connectivity index (χ0) is 12.4. The number of rotatable bonds is 5. The molecule has 4 nitrogen and oxygen atoms in total. The van der Waals surface area contributed by atoms with Gasteiger partial charge in [0.05, 0.1) is 7.11 Å². The van der Waals surface area contributed by atoms with Crippen molar-refractivity contribution in [3.05, 3.63) is 35.7 Å². The summed E-state index contributed by atoms with van der Waals surface area (Å²) in [5, 5.41) is 4.20. The van der Waals surface area contributed by atoms with Gasteiger partial charge >= 0.3 is 0 Å². The monoisotopic (exact) mass is 261 g/mol. The van der Waals surface area contributed by atoms with E-state index in [4.69, 9.17) is 4.74 Å². The lowest BCUT2D eigenvalue weighted by Gasteiger charge is -2.07. The van der Waals surface area contributed by atoms with Gasteiger partial charge in [0.25, 0.3) is 0 Å². The van der Waals surface area contributed by atoms with E-state index in [1.807, 2.05) is 18.2 Å². The quantitative estimate of drug-likeness (QED) is 0.898. The van der Waals surface area contributed by atoms with Crippen LogP contribution in [-0.4, -0.2) is 16.5 Å². The van der Waals surface area contributed by atoms with Crippen molar-refractivity contribution in [2.75, 3.05) is 12.4 Å². The first-order chi connectivity index (χ1) is 8.86. The molecule has 18 heavy (non-hydrogen) atoms. The molecule has 1 aromatic heterocycles. The number of ether oxygens (including phenoxy) is 1. The highest BCUT2D eigenvalue weighted by Crippen LogP contribution is 2.39. The summed E-state index contributed by atoms with van der Waals surface area (Å²) in [6, 6.07) is 8.00. The van der Waals surface area contributed by atoms with Crippen LogP contribution in [0.4, 0.5) is 5.13 Å². The molecular formula is C13H15N3OS. The van der Waals surface area contributed by atoms with Crippen molar-refractivity contribution in [1.82, 2.24) is 9.36 Å². The molecule has 1 fully saturated rings. The third-order valence-corrected chi connectivity index (χ3v) is 3.69. The van der Waals surface area contributed by atoms with Crippen LogP contribution in [0.5, 0.6) is 5.75 Å². The number of para-hydroxylation sites is 1. The van der Waals surface area contributed by atoms with Gasteiger partial charge in [0.2, 0.25) is 5.13 Å². The molecule has 5 heteroatoms. The Labute approximate surface area is 110 Å². The van der Waals surface area contributed by atoms with Gasteiger partial charge in [-0.15, -0.1) is 0 Å². The Balaban J connectivity index is 1.65. The summed E-state index contributed by atoms with van der Waals surface area (Å²) in [5.41, 5.74) is 1.13. The third-order valence-electron chi connectivity index (χ3n) is 3.01. The summed E-state index contributed by atoms with van der Waals surface area (Å²) in [7, 11) is 1.69. The van der Waals surface area contributed by atoms with E-state index in [0.29, 0.717) is 12.5 Å². The van der Waals surface area contributed by atoms with Crippen LogP contribution in [-0.2, 0) is 6.54 Å². The van der Waals surface area contributed by atoms with E-state index < -0.39 is 0 Å². The van der Waals surface area contributed by atoms with E-state index in [1.165, 1.54) is 24.4 Å². The number of hydrogen-bond acceptors (Lipinski definition) is 5. The molecule has 94 valence electrons. The minimum atomic E-state index is 0.614. The average molecular weight is 261 g/mol. The number of hydrogen-bond donors (Lipinski definition) is 1. The maximum Gasteiger partial charge on any atom is 0.202 e. The van der Waals surface area contributed by atoms with Gasteiger partial charge in [0, 0.05) is 29.6 Å². The highest BCUT2D eigenvalue weighted by molar-refractivity contribution is 7.09. The molecule has 0 unspecified atom stereocenters. The lowest BCUT2D eigenvalue weighted by atomic mass is 10.2. The summed E-state index contributed by atoms with van der Waals surface area (Å²) in [6.07, 6.45) is 2.48. The van der Waals surface area contributed by atoms with E-state index in [-0.39, 0.29) is 0 Å². The van der Waals surface area contributed by atoms with Crippen molar-refractivity contribution in [3.63, 3.8) is 0 Å². The second-order valence-corrected chi connectivity index (χ2v) is 5.15. The number of aromatic nitrogens is 2. The maximum atomic E-state index is 5.31.